The molecule has 19 heteroatoms. The lowest BCUT2D eigenvalue weighted by molar-refractivity contribution is -0.142. The first kappa shape index (κ1) is 64.5. The van der Waals surface area contributed by atoms with Crippen LogP contribution in [0.5, 0.6) is 11.6 Å². The Balaban J connectivity index is 0.857. The molecular formula is C63H93N9O10. The van der Waals surface area contributed by atoms with Gasteiger partial charge in [-0.05, 0) is 124 Å². The molecule has 4 N–H and O–H groups in total. The number of benzene rings is 1. The van der Waals surface area contributed by atoms with E-state index in [1.165, 1.54) is 69.1 Å². The first-order valence-electron chi connectivity index (χ1n) is 30.4. The summed E-state index contributed by atoms with van der Waals surface area (Å²) >= 11 is 0. The molecule has 1 atom stereocenters. The van der Waals surface area contributed by atoms with Gasteiger partial charge in [0.25, 0.3) is 5.91 Å². The lowest BCUT2D eigenvalue weighted by Crippen LogP contribution is -2.42. The number of aromatic nitrogens is 5. The molecule has 4 aromatic rings. The van der Waals surface area contributed by atoms with Gasteiger partial charge in [0.2, 0.25) is 11.8 Å². The van der Waals surface area contributed by atoms with Crippen LogP contribution in [0.3, 0.4) is 0 Å². The summed E-state index contributed by atoms with van der Waals surface area (Å²) in [6.07, 6.45) is 26.9. The topological polar surface area (TPSA) is 243 Å². The van der Waals surface area contributed by atoms with Crippen LogP contribution in [-0.4, -0.2) is 134 Å². The maximum absolute atomic E-state index is 15.0. The van der Waals surface area contributed by atoms with E-state index in [4.69, 9.17) is 24.7 Å². The van der Waals surface area contributed by atoms with Gasteiger partial charge in [0.15, 0.2) is 0 Å². The van der Waals surface area contributed by atoms with Gasteiger partial charge in [-0.1, -0.05) is 102 Å². The molecule has 0 radical (unpaired) electrons. The predicted octanol–water partition coefficient (Wildman–Crippen LogP) is 10.8. The van der Waals surface area contributed by atoms with Gasteiger partial charge in [-0.3, -0.25) is 38.5 Å². The predicted molar refractivity (Wildman–Crippen MR) is 317 cm³/mol. The van der Waals surface area contributed by atoms with Gasteiger partial charge in [0.05, 0.1) is 50.2 Å². The number of carbonyl (C=O) groups excluding carboxylic acids is 2. The molecule has 19 nitrogen and oxygen atoms in total. The van der Waals surface area contributed by atoms with Crippen molar-refractivity contribution in [2.24, 2.45) is 17.3 Å². The number of pyridine rings is 2. The summed E-state index contributed by atoms with van der Waals surface area (Å²) < 4.78 is 13.9. The fourth-order valence-electron chi connectivity index (χ4n) is 11.1. The number of anilines is 2. The van der Waals surface area contributed by atoms with E-state index >= 15 is 4.79 Å². The van der Waals surface area contributed by atoms with Crippen LogP contribution in [0.2, 0.25) is 0 Å². The third-order valence-corrected chi connectivity index (χ3v) is 16.0. The number of ether oxygens (including phenoxy) is 2. The van der Waals surface area contributed by atoms with Gasteiger partial charge < -0.3 is 35.0 Å². The summed E-state index contributed by atoms with van der Waals surface area (Å²) in [5.74, 6) is -0.556. The highest BCUT2D eigenvalue weighted by Gasteiger charge is 2.35. The first-order chi connectivity index (χ1) is 39.5. The zero-order chi connectivity index (χ0) is 58.7. The molecular weight excluding hydrogens is 1040 g/mol. The van der Waals surface area contributed by atoms with E-state index in [0.717, 1.165) is 99.9 Å². The Bertz CT molecular complexity index is 2600. The van der Waals surface area contributed by atoms with E-state index in [1.54, 1.807) is 13.3 Å². The minimum Gasteiger partial charge on any atom is -0.497 e. The number of methoxy groups -OCH3 is 1. The van der Waals surface area contributed by atoms with Crippen molar-refractivity contribution in [3.63, 3.8) is 0 Å². The Morgan fingerprint density at radius 3 is 2.07 bits per heavy atom. The van der Waals surface area contributed by atoms with Gasteiger partial charge >= 0.3 is 17.9 Å². The summed E-state index contributed by atoms with van der Waals surface area (Å²) in [4.78, 5) is 75.4. The highest BCUT2D eigenvalue weighted by Crippen LogP contribution is 2.45. The average molecular weight is 1140 g/mol. The van der Waals surface area contributed by atoms with Crippen LogP contribution in [0.25, 0.3) is 0 Å². The Hall–Kier alpha value is -6.63. The van der Waals surface area contributed by atoms with Crippen molar-refractivity contribution < 1.29 is 48.8 Å². The van der Waals surface area contributed by atoms with E-state index < -0.39 is 17.9 Å². The van der Waals surface area contributed by atoms with E-state index in [2.05, 4.69) is 45.6 Å². The zero-order valence-electron chi connectivity index (χ0n) is 49.4. The smallest absolute Gasteiger partial charge is 0.317 e. The van der Waals surface area contributed by atoms with Gasteiger partial charge in [-0.2, -0.15) is 0 Å². The molecule has 2 aliphatic rings. The van der Waals surface area contributed by atoms with Crippen LogP contribution in [0.1, 0.15) is 188 Å². The van der Waals surface area contributed by atoms with E-state index in [1.807, 2.05) is 65.0 Å². The van der Waals surface area contributed by atoms with Gasteiger partial charge in [0.1, 0.15) is 11.6 Å². The summed E-state index contributed by atoms with van der Waals surface area (Å²) in [5, 5.41) is 39.3. The molecule has 1 aromatic carbocycles. The third-order valence-electron chi connectivity index (χ3n) is 16.0. The minimum atomic E-state index is -1.07. The number of nitrogens with one attached hydrogen (secondary N) is 1. The van der Waals surface area contributed by atoms with Gasteiger partial charge in [-0.25, -0.2) is 9.97 Å². The van der Waals surface area contributed by atoms with Gasteiger partial charge in [-0.15, -0.1) is 5.10 Å². The number of carboxylic acids is 3. The number of aliphatic carboxylic acids is 3. The standard InChI is InChI=1S/C63H93N9O10/c1-47-21-19-23-56(66-47)72(62(80)53-28-27-52(81-4)40-55(53)70-36-30-48(31-37-70)45-82-58-39-50(29-34-65-58)54(41-59(74)75)49-25-26-49)46-63(2,3)32-38-71-42-51(67-68-71)22-17-15-13-11-9-7-5-6-8-10-12-14-16-18-24-57(73)64-33-20-35-69(43-60(76)77)44-61(78)79/h19,21,23,27-29,34,39-40,42,48-49,54H,5-18,20,22,24-26,30-33,35-38,41,43-46H2,1-4H3,(H,64,73)(H,74,75)(H,76,77)(H,78,79)/t54-/m0/s1. The quantitative estimate of drug-likeness (QED) is 0.0302. The molecule has 0 spiro atoms. The summed E-state index contributed by atoms with van der Waals surface area (Å²) in [5.41, 5.74) is 3.95. The van der Waals surface area contributed by atoms with Crippen molar-refractivity contribution in [3.8, 4) is 11.6 Å². The number of rotatable bonds is 41. The van der Waals surface area contributed by atoms with Gasteiger partial charge in [0, 0.05) is 75.9 Å². The number of unbranched alkanes of at least 4 members (excludes halogenated alkanes) is 13. The zero-order valence-corrected chi connectivity index (χ0v) is 49.4. The molecule has 1 aliphatic heterocycles. The molecule has 3 aromatic heterocycles. The van der Waals surface area contributed by atoms with Crippen molar-refractivity contribution in [1.82, 2.24) is 35.2 Å². The molecule has 1 aliphatic carbocycles. The number of nitrogens with zero attached hydrogens (tertiary/aromatic N) is 8. The van der Waals surface area contributed by atoms with Crippen molar-refractivity contribution in [3.05, 3.63) is 83.4 Å². The van der Waals surface area contributed by atoms with Crippen molar-refractivity contribution in [2.45, 2.75) is 181 Å². The molecule has 0 bridgehead atoms. The Morgan fingerprint density at radius 2 is 1.45 bits per heavy atom. The number of hydrogen-bond acceptors (Lipinski definition) is 13. The molecule has 450 valence electrons. The van der Waals surface area contributed by atoms with Crippen LogP contribution in [0.4, 0.5) is 11.5 Å². The van der Waals surface area contributed by atoms with Crippen LogP contribution < -0.4 is 24.6 Å². The largest absolute Gasteiger partial charge is 0.497 e. The average Bonchev–Trinajstić information content (AvgIpc) is 4.33. The summed E-state index contributed by atoms with van der Waals surface area (Å²) in [7, 11) is 1.65. The van der Waals surface area contributed by atoms with Crippen molar-refractivity contribution >= 4 is 41.2 Å². The Labute approximate surface area is 485 Å². The normalized spacial score (nSPS) is 14.2. The maximum atomic E-state index is 15.0. The Kier molecular flexibility index (Phi) is 26.8. The number of aryl methyl sites for hydroxylation is 3. The monoisotopic (exact) mass is 1140 g/mol. The lowest BCUT2D eigenvalue weighted by atomic mass is 9.88. The maximum Gasteiger partial charge on any atom is 0.317 e. The highest BCUT2D eigenvalue weighted by atomic mass is 16.5. The summed E-state index contributed by atoms with van der Waals surface area (Å²) in [6.45, 7) is 9.46. The second-order valence-corrected chi connectivity index (χ2v) is 23.7. The first-order valence-corrected chi connectivity index (χ1v) is 30.4. The molecule has 1 saturated heterocycles. The number of carboxylic acid groups (broad SMARTS) is 3. The highest BCUT2D eigenvalue weighted by molar-refractivity contribution is 6.09. The SMILES string of the molecule is COc1ccc(C(=O)N(CC(C)(C)CCn2cc(CCCCCCCCCCCCCCCCC(=O)NCCCN(CC(=O)O)CC(=O)O)nn2)c2cccc(C)n2)c(N2CCC(COc3cc([C@@H](CC(=O)O)C4CC4)ccn3)CC2)c1. The van der Waals surface area contributed by atoms with Crippen LogP contribution in [0, 0.1) is 24.2 Å². The number of amides is 2. The van der Waals surface area contributed by atoms with E-state index in [9.17, 15) is 24.3 Å². The molecule has 6 rings (SSSR count). The summed E-state index contributed by atoms with van der Waals surface area (Å²) in [6, 6.07) is 15.4. The molecule has 82 heavy (non-hydrogen) atoms. The third kappa shape index (κ3) is 23.3. The van der Waals surface area contributed by atoms with E-state index in [-0.39, 0.29) is 48.6 Å². The number of piperidine rings is 1. The lowest BCUT2D eigenvalue weighted by Gasteiger charge is -2.36. The van der Waals surface area contributed by atoms with Crippen LogP contribution in [0.15, 0.2) is 60.9 Å². The molecule has 2 fully saturated rings. The second-order valence-electron chi connectivity index (χ2n) is 23.7. The molecule has 2 amide bonds. The molecule has 1 saturated carbocycles. The fraction of sp³-hybridized carbons (Fsp3) is 0.635. The molecule has 0 unspecified atom stereocenters. The molecule has 4 heterocycles. The van der Waals surface area contributed by atoms with Crippen LogP contribution in [-0.2, 0) is 32.1 Å². The van der Waals surface area contributed by atoms with Crippen molar-refractivity contribution in [1.29, 1.82) is 0 Å². The second kappa shape index (κ2) is 34.1. The fourth-order valence-corrected chi connectivity index (χ4v) is 11.1. The Morgan fingerprint density at radius 1 is 0.793 bits per heavy atom. The van der Waals surface area contributed by atoms with Crippen LogP contribution >= 0.6 is 0 Å². The number of hydrogen-bond donors (Lipinski definition) is 4. The van der Waals surface area contributed by atoms with E-state index in [0.29, 0.717) is 74.6 Å². The van der Waals surface area contributed by atoms with Crippen molar-refractivity contribution in [2.75, 3.05) is 69.3 Å². The number of carbonyl (C=O) groups is 5. The minimum absolute atomic E-state index is 0.0130.